The first-order valence-electron chi connectivity index (χ1n) is 20.2. The van der Waals surface area contributed by atoms with E-state index in [1.807, 2.05) is 18.2 Å². The number of aliphatic hydroxyl groups is 1. The van der Waals surface area contributed by atoms with Gasteiger partial charge >= 0.3 is 11.9 Å². The van der Waals surface area contributed by atoms with Crippen LogP contribution in [0, 0.1) is 56.2 Å². The third-order valence-electron chi connectivity index (χ3n) is 16.2. The molecule has 0 bridgehead atoms. The molecule has 0 aliphatic heterocycles. The van der Waals surface area contributed by atoms with Gasteiger partial charge in [-0.05, 0) is 130 Å². The summed E-state index contributed by atoms with van der Waals surface area (Å²) in [6.45, 7) is 22.1. The van der Waals surface area contributed by atoms with Gasteiger partial charge in [0.05, 0.1) is 23.6 Å². The number of aromatic nitrogens is 1. The van der Waals surface area contributed by atoms with Crippen LogP contribution in [0.1, 0.15) is 145 Å². The Morgan fingerprint density at radius 1 is 0.962 bits per heavy atom. The largest absolute Gasteiger partial charge is 0.481 e. The fourth-order valence-corrected chi connectivity index (χ4v) is 13.1. The molecule has 8 nitrogen and oxygen atoms in total. The standard InChI is InChI=1S/C44H66N2O6/c1-26(2)36-30(47)23-44(33(48)25-46-27(3)29-13-11-12-22-45-29)21-20-42(9)28(37(36)44)14-15-32-41(8)18-17-34(52-35(49)24-39(4,5)38(50)51)40(6,7)31(41)16-19-43(32,42)10/h11-13,22,26-28,31-34,46,48H,14-21,23-25H2,1-10H3,(H,50,51)/t27-,28+,31-,32+,33+,34-,41-,42+,43+,44-/m0/s1. The van der Waals surface area contributed by atoms with E-state index in [2.05, 4.69) is 65.7 Å². The molecule has 1 aromatic heterocycles. The van der Waals surface area contributed by atoms with Crippen LogP contribution in [0.5, 0.6) is 0 Å². The van der Waals surface area contributed by atoms with Gasteiger partial charge in [0.1, 0.15) is 6.10 Å². The maximum absolute atomic E-state index is 14.1. The molecule has 0 spiro atoms. The van der Waals surface area contributed by atoms with E-state index < -0.39 is 28.9 Å². The Bertz CT molecular complexity index is 1600. The van der Waals surface area contributed by atoms with Crippen LogP contribution in [0.15, 0.2) is 35.5 Å². The van der Waals surface area contributed by atoms with E-state index in [4.69, 9.17) is 4.74 Å². The van der Waals surface area contributed by atoms with Gasteiger partial charge in [-0.3, -0.25) is 19.4 Å². The summed E-state index contributed by atoms with van der Waals surface area (Å²) in [6.07, 6.45) is 8.95. The number of esters is 1. The van der Waals surface area contributed by atoms with Crippen molar-refractivity contribution in [2.45, 2.75) is 152 Å². The van der Waals surface area contributed by atoms with Gasteiger partial charge in [0.15, 0.2) is 5.78 Å². The molecule has 3 N–H and O–H groups in total. The number of hydrogen-bond donors (Lipinski definition) is 3. The predicted octanol–water partition coefficient (Wildman–Crippen LogP) is 8.49. The molecule has 0 radical (unpaired) electrons. The summed E-state index contributed by atoms with van der Waals surface area (Å²) in [5.74, 6) is 0.0333. The highest BCUT2D eigenvalue weighted by atomic mass is 16.5. The second-order valence-electron chi connectivity index (χ2n) is 20.0. The summed E-state index contributed by atoms with van der Waals surface area (Å²) in [5, 5.41) is 25.4. The molecule has 5 aliphatic carbocycles. The summed E-state index contributed by atoms with van der Waals surface area (Å²) < 4.78 is 6.17. The lowest BCUT2D eigenvalue weighted by Crippen LogP contribution is -2.66. The van der Waals surface area contributed by atoms with E-state index in [1.165, 1.54) is 5.57 Å². The number of ketones is 1. The molecule has 1 aromatic rings. The van der Waals surface area contributed by atoms with Crippen molar-refractivity contribution < 1.29 is 29.3 Å². The minimum absolute atomic E-state index is 0.0139. The zero-order valence-corrected chi connectivity index (χ0v) is 33.6. The van der Waals surface area contributed by atoms with Crippen LogP contribution in [0.3, 0.4) is 0 Å². The molecule has 4 fully saturated rings. The smallest absolute Gasteiger partial charge is 0.309 e. The number of Topliss-reactive ketones (excluding diaryl/α,β-unsaturated/α-hetero) is 1. The van der Waals surface area contributed by atoms with E-state index >= 15 is 0 Å². The van der Waals surface area contributed by atoms with Crippen molar-refractivity contribution in [3.8, 4) is 0 Å². The Balaban J connectivity index is 1.27. The number of rotatable bonds is 10. The van der Waals surface area contributed by atoms with Crippen molar-refractivity contribution in [1.82, 2.24) is 10.3 Å². The fraction of sp³-hybridized carbons (Fsp3) is 0.773. The first-order valence-corrected chi connectivity index (χ1v) is 20.2. The Labute approximate surface area is 312 Å². The van der Waals surface area contributed by atoms with Gasteiger partial charge in [-0.25, -0.2) is 0 Å². The quantitative estimate of drug-likeness (QED) is 0.206. The molecule has 10 atom stereocenters. The van der Waals surface area contributed by atoms with Gasteiger partial charge in [0.2, 0.25) is 0 Å². The zero-order valence-electron chi connectivity index (χ0n) is 33.6. The molecule has 0 amide bonds. The predicted molar refractivity (Wildman–Crippen MR) is 202 cm³/mol. The van der Waals surface area contributed by atoms with E-state index in [1.54, 1.807) is 20.0 Å². The van der Waals surface area contributed by atoms with Crippen molar-refractivity contribution in [3.63, 3.8) is 0 Å². The van der Waals surface area contributed by atoms with Crippen LogP contribution in [0.4, 0.5) is 0 Å². The topological polar surface area (TPSA) is 126 Å². The maximum Gasteiger partial charge on any atom is 0.309 e. The van der Waals surface area contributed by atoms with Gasteiger partial charge in [0.25, 0.3) is 0 Å². The van der Waals surface area contributed by atoms with Crippen molar-refractivity contribution >= 4 is 17.7 Å². The summed E-state index contributed by atoms with van der Waals surface area (Å²) in [4.78, 5) is 43.4. The summed E-state index contributed by atoms with van der Waals surface area (Å²) >= 11 is 0. The van der Waals surface area contributed by atoms with E-state index in [-0.39, 0.29) is 57.8 Å². The Kier molecular flexibility index (Phi) is 10.0. The average molecular weight is 719 g/mol. The lowest BCUT2D eigenvalue weighted by molar-refractivity contribution is -0.235. The molecule has 52 heavy (non-hydrogen) atoms. The fourth-order valence-electron chi connectivity index (χ4n) is 13.1. The van der Waals surface area contributed by atoms with Crippen LogP contribution in [0.2, 0.25) is 0 Å². The molecular formula is C44H66N2O6. The zero-order chi connectivity index (χ0) is 38.2. The van der Waals surface area contributed by atoms with Gasteiger partial charge in [0, 0.05) is 36.0 Å². The van der Waals surface area contributed by atoms with Crippen molar-refractivity contribution in [2.24, 2.45) is 56.2 Å². The van der Waals surface area contributed by atoms with E-state index in [9.17, 15) is 24.6 Å². The van der Waals surface area contributed by atoms with E-state index in [0.29, 0.717) is 24.8 Å². The number of ether oxygens (including phenoxy) is 1. The summed E-state index contributed by atoms with van der Waals surface area (Å²) in [6, 6.07) is 5.89. The van der Waals surface area contributed by atoms with Crippen molar-refractivity contribution in [2.75, 3.05) is 6.54 Å². The lowest BCUT2D eigenvalue weighted by atomic mass is 9.33. The number of allylic oxidation sites excluding steroid dienone is 1. The first-order chi connectivity index (χ1) is 24.2. The van der Waals surface area contributed by atoms with Crippen LogP contribution < -0.4 is 5.32 Å². The molecule has 6 rings (SSSR count). The van der Waals surface area contributed by atoms with E-state index in [0.717, 1.165) is 62.6 Å². The molecule has 4 saturated carbocycles. The third kappa shape index (κ3) is 5.92. The monoisotopic (exact) mass is 718 g/mol. The first kappa shape index (κ1) is 39.1. The van der Waals surface area contributed by atoms with Crippen LogP contribution >= 0.6 is 0 Å². The summed E-state index contributed by atoms with van der Waals surface area (Å²) in [5.41, 5.74) is 1.37. The Hall–Kier alpha value is -2.58. The molecule has 1 heterocycles. The van der Waals surface area contributed by atoms with Crippen molar-refractivity contribution in [3.05, 3.63) is 41.2 Å². The molecule has 5 aliphatic rings. The molecule has 288 valence electrons. The molecule has 0 saturated heterocycles. The number of aliphatic carboxylic acids is 1. The number of hydrogen-bond acceptors (Lipinski definition) is 7. The van der Waals surface area contributed by atoms with Gasteiger partial charge in [-0.2, -0.15) is 0 Å². The number of carbonyl (C=O) groups is 3. The number of carboxylic acids is 1. The second kappa shape index (κ2) is 13.3. The second-order valence-corrected chi connectivity index (χ2v) is 20.0. The molecule has 8 heteroatoms. The molecule has 0 aromatic carbocycles. The number of nitrogens with one attached hydrogen (secondary N) is 1. The van der Waals surface area contributed by atoms with Crippen molar-refractivity contribution in [1.29, 1.82) is 0 Å². The number of fused-ring (bicyclic) bond motifs is 7. The maximum atomic E-state index is 14.1. The van der Waals surface area contributed by atoms with Crippen LogP contribution in [-0.4, -0.2) is 51.7 Å². The van der Waals surface area contributed by atoms with Gasteiger partial charge in [-0.15, -0.1) is 0 Å². The average Bonchev–Trinajstić information content (AvgIpc) is 3.38. The van der Waals surface area contributed by atoms with Crippen LogP contribution in [0.25, 0.3) is 0 Å². The number of carboxylic acid groups (broad SMARTS) is 1. The van der Waals surface area contributed by atoms with Crippen LogP contribution in [-0.2, 0) is 19.1 Å². The SMILES string of the molecule is CC(C)C1=C2[C@H]3CC[C@@H]4[C@@]5(C)CC[C@H](OC(=O)CC(C)(C)C(=O)O)C(C)(C)[C@@H]5CC[C@@]4(C)[C@]3(C)CC[C@@]2([C@H](O)CN[C@@H](C)c2ccccn2)CC1=O. The lowest BCUT2D eigenvalue weighted by Gasteiger charge is -2.72. The highest BCUT2D eigenvalue weighted by Gasteiger charge is 2.70. The molecular weight excluding hydrogens is 652 g/mol. The minimum Gasteiger partial charge on any atom is -0.481 e. The number of aliphatic hydroxyl groups excluding tert-OH is 1. The normalized spacial score (nSPS) is 38.1. The van der Waals surface area contributed by atoms with Gasteiger partial charge < -0.3 is 20.3 Å². The highest BCUT2D eigenvalue weighted by molar-refractivity contribution is 6.00. The molecule has 0 unspecified atom stereocenters. The third-order valence-corrected chi connectivity index (χ3v) is 16.2. The number of pyridine rings is 1. The Morgan fingerprint density at radius 2 is 1.67 bits per heavy atom. The number of nitrogens with zero attached hydrogens (tertiary/aromatic N) is 1. The Morgan fingerprint density at radius 3 is 2.31 bits per heavy atom. The summed E-state index contributed by atoms with van der Waals surface area (Å²) in [7, 11) is 0. The minimum atomic E-state index is -1.16. The highest BCUT2D eigenvalue weighted by Crippen LogP contribution is 2.77. The van der Waals surface area contributed by atoms with Gasteiger partial charge in [-0.1, -0.05) is 60.1 Å². The number of carbonyl (C=O) groups excluding carboxylic acids is 2.